The Morgan fingerprint density at radius 2 is 1.87 bits per heavy atom. The first-order chi connectivity index (χ1) is 10.9. The number of hydrogen-bond donors (Lipinski definition) is 0. The summed E-state index contributed by atoms with van der Waals surface area (Å²) in [5.74, 6) is -0.224. The number of rotatable bonds is 3. The fourth-order valence-corrected chi connectivity index (χ4v) is 2.67. The lowest BCUT2D eigenvalue weighted by Gasteiger charge is -2.13. The molecule has 1 aromatic carbocycles. The van der Waals surface area contributed by atoms with Gasteiger partial charge in [-0.1, -0.05) is 23.4 Å². The largest absolute Gasteiger partial charge is 0.416 e. The number of carbonyl (C=O) groups is 1. The van der Waals surface area contributed by atoms with E-state index in [1.165, 1.54) is 29.1 Å². The van der Waals surface area contributed by atoms with Gasteiger partial charge in [-0.2, -0.15) is 13.2 Å². The quantitative estimate of drug-likeness (QED) is 0.872. The number of benzene rings is 1. The van der Waals surface area contributed by atoms with E-state index in [-0.39, 0.29) is 23.7 Å². The van der Waals surface area contributed by atoms with Gasteiger partial charge in [0.05, 0.1) is 18.3 Å². The van der Waals surface area contributed by atoms with Crippen LogP contribution < -0.4 is 0 Å². The molecule has 1 aliphatic rings. The SMILES string of the molecule is O=C(c1cn(Cc2ccccc2C(F)(F)F)nn1)N1CCCC1. The average molecular weight is 324 g/mol. The number of nitrogens with zero attached hydrogens (tertiary/aromatic N) is 4. The second kappa shape index (κ2) is 6.02. The first-order valence-electron chi connectivity index (χ1n) is 7.29. The van der Waals surface area contributed by atoms with E-state index in [2.05, 4.69) is 10.3 Å². The van der Waals surface area contributed by atoms with Crippen molar-refractivity contribution in [2.75, 3.05) is 13.1 Å². The van der Waals surface area contributed by atoms with Crippen molar-refractivity contribution in [3.63, 3.8) is 0 Å². The van der Waals surface area contributed by atoms with Crippen molar-refractivity contribution in [2.45, 2.75) is 25.6 Å². The molecule has 1 amide bonds. The Morgan fingerprint density at radius 3 is 2.57 bits per heavy atom. The fraction of sp³-hybridized carbons (Fsp3) is 0.400. The fourth-order valence-electron chi connectivity index (χ4n) is 2.67. The molecule has 5 nitrogen and oxygen atoms in total. The number of hydrogen-bond acceptors (Lipinski definition) is 3. The van der Waals surface area contributed by atoms with E-state index in [4.69, 9.17) is 0 Å². The van der Waals surface area contributed by atoms with Crippen LogP contribution in [0.4, 0.5) is 13.2 Å². The van der Waals surface area contributed by atoms with E-state index in [0.29, 0.717) is 13.1 Å². The van der Waals surface area contributed by atoms with Crippen molar-refractivity contribution in [3.8, 4) is 0 Å². The van der Waals surface area contributed by atoms with Gasteiger partial charge in [-0.3, -0.25) is 4.79 Å². The summed E-state index contributed by atoms with van der Waals surface area (Å²) >= 11 is 0. The summed E-state index contributed by atoms with van der Waals surface area (Å²) in [6.45, 7) is 1.28. The minimum absolute atomic E-state index is 0.0873. The average Bonchev–Trinajstić information content (AvgIpc) is 3.17. The van der Waals surface area contributed by atoms with Gasteiger partial charge in [0.2, 0.25) is 0 Å². The molecule has 0 N–H and O–H groups in total. The number of aromatic nitrogens is 3. The van der Waals surface area contributed by atoms with Gasteiger partial charge in [0.1, 0.15) is 0 Å². The molecular formula is C15H15F3N4O. The molecule has 0 radical (unpaired) electrons. The summed E-state index contributed by atoms with van der Waals surface area (Å²) < 4.78 is 40.2. The summed E-state index contributed by atoms with van der Waals surface area (Å²) in [7, 11) is 0. The molecule has 0 atom stereocenters. The Hall–Kier alpha value is -2.38. The molecule has 0 bridgehead atoms. The number of alkyl halides is 3. The van der Waals surface area contributed by atoms with Crippen molar-refractivity contribution in [2.24, 2.45) is 0 Å². The lowest BCUT2D eigenvalue weighted by molar-refractivity contribution is -0.138. The predicted octanol–water partition coefficient (Wildman–Crippen LogP) is 2.58. The Morgan fingerprint density at radius 1 is 1.17 bits per heavy atom. The van der Waals surface area contributed by atoms with Crippen LogP contribution in [0.1, 0.15) is 34.5 Å². The Balaban J connectivity index is 1.79. The van der Waals surface area contributed by atoms with Gasteiger partial charge >= 0.3 is 6.18 Å². The highest BCUT2D eigenvalue weighted by Gasteiger charge is 2.33. The topological polar surface area (TPSA) is 51.0 Å². The molecule has 1 saturated heterocycles. The first kappa shape index (κ1) is 15.5. The molecule has 8 heteroatoms. The van der Waals surface area contributed by atoms with Crippen LogP contribution in [-0.2, 0) is 12.7 Å². The molecule has 122 valence electrons. The van der Waals surface area contributed by atoms with Crippen LogP contribution in [0.5, 0.6) is 0 Å². The lowest BCUT2D eigenvalue weighted by atomic mass is 10.1. The number of halogens is 3. The maximum Gasteiger partial charge on any atom is 0.416 e. The molecule has 2 heterocycles. The van der Waals surface area contributed by atoms with Crippen LogP contribution >= 0.6 is 0 Å². The van der Waals surface area contributed by atoms with E-state index in [0.717, 1.165) is 18.9 Å². The lowest BCUT2D eigenvalue weighted by Crippen LogP contribution is -2.27. The highest BCUT2D eigenvalue weighted by atomic mass is 19.4. The summed E-state index contributed by atoms with van der Waals surface area (Å²) in [4.78, 5) is 13.8. The first-order valence-corrected chi connectivity index (χ1v) is 7.29. The zero-order chi connectivity index (χ0) is 16.4. The Bertz CT molecular complexity index is 705. The van der Waals surface area contributed by atoms with E-state index in [1.807, 2.05) is 0 Å². The molecule has 1 aromatic heterocycles. The molecule has 0 saturated carbocycles. The van der Waals surface area contributed by atoms with Crippen LogP contribution in [0.25, 0.3) is 0 Å². The number of likely N-dealkylation sites (tertiary alicyclic amines) is 1. The Kier molecular flexibility index (Phi) is 4.06. The van der Waals surface area contributed by atoms with Gasteiger partial charge < -0.3 is 4.90 Å². The maximum absolute atomic E-state index is 13.0. The minimum Gasteiger partial charge on any atom is -0.337 e. The zero-order valence-corrected chi connectivity index (χ0v) is 12.3. The highest BCUT2D eigenvalue weighted by molar-refractivity contribution is 5.92. The van der Waals surface area contributed by atoms with E-state index < -0.39 is 11.7 Å². The van der Waals surface area contributed by atoms with Crippen molar-refractivity contribution in [1.82, 2.24) is 19.9 Å². The zero-order valence-electron chi connectivity index (χ0n) is 12.3. The van der Waals surface area contributed by atoms with Gasteiger partial charge in [-0.25, -0.2) is 4.68 Å². The van der Waals surface area contributed by atoms with Crippen LogP contribution in [0.3, 0.4) is 0 Å². The third-order valence-electron chi connectivity index (χ3n) is 3.81. The van der Waals surface area contributed by atoms with Gasteiger partial charge in [0, 0.05) is 13.1 Å². The summed E-state index contributed by atoms with van der Waals surface area (Å²) in [6, 6.07) is 5.31. The number of carbonyl (C=O) groups excluding carboxylic acids is 1. The molecule has 1 fully saturated rings. The smallest absolute Gasteiger partial charge is 0.337 e. The highest BCUT2D eigenvalue weighted by Crippen LogP contribution is 2.32. The van der Waals surface area contributed by atoms with Gasteiger partial charge in [0.25, 0.3) is 5.91 Å². The number of amides is 1. The predicted molar refractivity (Wildman–Crippen MR) is 75.7 cm³/mol. The van der Waals surface area contributed by atoms with Crippen LogP contribution in [0, 0.1) is 0 Å². The standard InChI is InChI=1S/C15H15F3N4O/c16-15(17,18)12-6-2-1-5-11(12)9-22-10-13(19-20-22)14(23)21-7-3-4-8-21/h1-2,5-6,10H,3-4,7-9H2. The van der Waals surface area contributed by atoms with E-state index in [9.17, 15) is 18.0 Å². The third-order valence-corrected chi connectivity index (χ3v) is 3.81. The van der Waals surface area contributed by atoms with E-state index in [1.54, 1.807) is 4.90 Å². The van der Waals surface area contributed by atoms with Crippen molar-refractivity contribution in [1.29, 1.82) is 0 Å². The molecule has 0 spiro atoms. The molecule has 2 aromatic rings. The molecule has 23 heavy (non-hydrogen) atoms. The monoisotopic (exact) mass is 324 g/mol. The van der Waals surface area contributed by atoms with Gasteiger partial charge in [-0.05, 0) is 24.5 Å². The van der Waals surface area contributed by atoms with Crippen LogP contribution in [-0.4, -0.2) is 38.9 Å². The minimum atomic E-state index is -4.43. The summed E-state index contributed by atoms with van der Waals surface area (Å²) in [5, 5.41) is 7.57. The summed E-state index contributed by atoms with van der Waals surface area (Å²) in [6.07, 6.45) is -1.11. The molecule has 1 aliphatic heterocycles. The summed E-state index contributed by atoms with van der Waals surface area (Å²) in [5.41, 5.74) is -0.454. The maximum atomic E-state index is 13.0. The molecular weight excluding hydrogens is 309 g/mol. The van der Waals surface area contributed by atoms with Crippen LogP contribution in [0.2, 0.25) is 0 Å². The van der Waals surface area contributed by atoms with Crippen molar-refractivity contribution in [3.05, 3.63) is 47.3 Å². The van der Waals surface area contributed by atoms with Gasteiger partial charge in [-0.15, -0.1) is 5.10 Å². The second-order valence-corrected chi connectivity index (χ2v) is 5.46. The second-order valence-electron chi connectivity index (χ2n) is 5.46. The van der Waals surface area contributed by atoms with E-state index >= 15 is 0 Å². The molecule has 3 rings (SSSR count). The normalized spacial score (nSPS) is 15.2. The van der Waals surface area contributed by atoms with Crippen molar-refractivity contribution >= 4 is 5.91 Å². The van der Waals surface area contributed by atoms with Crippen molar-refractivity contribution < 1.29 is 18.0 Å². The van der Waals surface area contributed by atoms with Crippen LogP contribution in [0.15, 0.2) is 30.5 Å². The molecule has 0 aliphatic carbocycles. The molecule has 0 unspecified atom stereocenters. The van der Waals surface area contributed by atoms with Gasteiger partial charge in [0.15, 0.2) is 5.69 Å². The Labute approximate surface area is 130 Å². The third kappa shape index (κ3) is 3.35.